The van der Waals surface area contributed by atoms with E-state index in [1.165, 1.54) is 6.08 Å². The fourth-order valence-electron chi connectivity index (χ4n) is 1.61. The quantitative estimate of drug-likeness (QED) is 0.746. The molecule has 0 aromatic carbocycles. The molecule has 0 aliphatic heterocycles. The maximum absolute atomic E-state index is 11.1. The number of thiophene rings is 1. The minimum Gasteiger partial charge on any atom is -0.512 e. The van der Waals surface area contributed by atoms with E-state index in [1.807, 2.05) is 16.8 Å². The van der Waals surface area contributed by atoms with E-state index in [9.17, 15) is 9.90 Å². The SMILES string of the molecule is O=C1C=C(O)CC(c2ccsc2)C1. The van der Waals surface area contributed by atoms with E-state index in [0.717, 1.165) is 5.56 Å². The van der Waals surface area contributed by atoms with Crippen LogP contribution >= 0.6 is 11.3 Å². The number of hydrogen-bond donors (Lipinski definition) is 1. The van der Waals surface area contributed by atoms with Gasteiger partial charge in [0.2, 0.25) is 0 Å². The minimum absolute atomic E-state index is 0.0277. The highest BCUT2D eigenvalue weighted by molar-refractivity contribution is 7.07. The third kappa shape index (κ3) is 1.80. The van der Waals surface area contributed by atoms with Gasteiger partial charge in [0.05, 0.1) is 5.76 Å². The zero-order valence-corrected chi connectivity index (χ0v) is 7.88. The van der Waals surface area contributed by atoms with Crippen molar-refractivity contribution >= 4 is 17.1 Å². The Morgan fingerprint density at radius 1 is 1.46 bits per heavy atom. The van der Waals surface area contributed by atoms with Crippen molar-refractivity contribution in [3.63, 3.8) is 0 Å². The van der Waals surface area contributed by atoms with Crippen LogP contribution in [0, 0.1) is 0 Å². The second-order valence-corrected chi connectivity index (χ2v) is 4.04. The minimum atomic E-state index is 0.0277. The van der Waals surface area contributed by atoms with Gasteiger partial charge in [-0.2, -0.15) is 11.3 Å². The van der Waals surface area contributed by atoms with Crippen LogP contribution in [0.15, 0.2) is 28.7 Å². The van der Waals surface area contributed by atoms with Gasteiger partial charge in [0.1, 0.15) is 0 Å². The van der Waals surface area contributed by atoms with E-state index in [-0.39, 0.29) is 17.5 Å². The standard InChI is InChI=1S/C10H10O2S/c11-9-3-8(4-10(12)5-9)7-1-2-13-6-7/h1-2,5-6,8,11H,3-4H2. The van der Waals surface area contributed by atoms with Crippen molar-refractivity contribution in [2.75, 3.05) is 0 Å². The summed E-state index contributed by atoms with van der Waals surface area (Å²) in [5.41, 5.74) is 1.16. The Morgan fingerprint density at radius 2 is 2.31 bits per heavy atom. The Balaban J connectivity index is 2.20. The monoisotopic (exact) mass is 194 g/mol. The molecule has 0 saturated heterocycles. The Hall–Kier alpha value is -1.09. The molecule has 1 heterocycles. The first-order valence-electron chi connectivity index (χ1n) is 4.20. The van der Waals surface area contributed by atoms with E-state index in [1.54, 1.807) is 11.3 Å². The van der Waals surface area contributed by atoms with Crippen LogP contribution in [0.5, 0.6) is 0 Å². The lowest BCUT2D eigenvalue weighted by Crippen LogP contribution is -2.11. The molecule has 1 aliphatic carbocycles. The van der Waals surface area contributed by atoms with Crippen molar-refractivity contribution in [3.05, 3.63) is 34.2 Å². The average Bonchev–Trinajstić information content (AvgIpc) is 2.53. The van der Waals surface area contributed by atoms with Crippen LogP contribution in [0.2, 0.25) is 0 Å². The summed E-state index contributed by atoms with van der Waals surface area (Å²) in [4.78, 5) is 11.1. The summed E-state index contributed by atoms with van der Waals surface area (Å²) in [7, 11) is 0. The van der Waals surface area contributed by atoms with Gasteiger partial charge >= 0.3 is 0 Å². The fraction of sp³-hybridized carbons (Fsp3) is 0.300. The molecule has 2 rings (SSSR count). The van der Waals surface area contributed by atoms with E-state index in [4.69, 9.17) is 0 Å². The molecule has 0 fully saturated rings. The normalized spacial score (nSPS) is 22.9. The summed E-state index contributed by atoms with van der Waals surface area (Å²) in [6.07, 6.45) is 2.46. The van der Waals surface area contributed by atoms with Crippen LogP contribution in [0.25, 0.3) is 0 Å². The predicted molar refractivity (Wildman–Crippen MR) is 52.0 cm³/mol. The molecule has 0 saturated carbocycles. The Bertz CT molecular complexity index is 338. The van der Waals surface area contributed by atoms with Crippen molar-refractivity contribution in [1.82, 2.24) is 0 Å². The molecule has 68 valence electrons. The van der Waals surface area contributed by atoms with Crippen molar-refractivity contribution in [1.29, 1.82) is 0 Å². The van der Waals surface area contributed by atoms with Crippen LogP contribution in [0.1, 0.15) is 24.3 Å². The lowest BCUT2D eigenvalue weighted by atomic mass is 9.88. The van der Waals surface area contributed by atoms with Crippen molar-refractivity contribution in [3.8, 4) is 0 Å². The number of aliphatic hydroxyl groups excluding tert-OH is 1. The molecule has 0 bridgehead atoms. The number of ketones is 1. The van der Waals surface area contributed by atoms with E-state index in [2.05, 4.69) is 0 Å². The molecule has 0 amide bonds. The van der Waals surface area contributed by atoms with Gasteiger partial charge in [0, 0.05) is 18.9 Å². The lowest BCUT2D eigenvalue weighted by Gasteiger charge is -2.17. The first-order chi connectivity index (χ1) is 6.25. The Kier molecular flexibility index (Phi) is 2.19. The largest absolute Gasteiger partial charge is 0.512 e. The first-order valence-corrected chi connectivity index (χ1v) is 5.14. The third-order valence-electron chi connectivity index (χ3n) is 2.25. The topological polar surface area (TPSA) is 37.3 Å². The summed E-state index contributed by atoms with van der Waals surface area (Å²) in [6, 6.07) is 2.02. The highest BCUT2D eigenvalue weighted by Gasteiger charge is 2.21. The molecular weight excluding hydrogens is 184 g/mol. The number of aliphatic hydroxyl groups is 1. The lowest BCUT2D eigenvalue weighted by molar-refractivity contribution is -0.115. The summed E-state index contributed by atoms with van der Waals surface area (Å²) in [5.74, 6) is 0.427. The van der Waals surface area contributed by atoms with Gasteiger partial charge in [-0.3, -0.25) is 4.79 Å². The van der Waals surface area contributed by atoms with Gasteiger partial charge in [-0.25, -0.2) is 0 Å². The molecule has 0 radical (unpaired) electrons. The maximum Gasteiger partial charge on any atom is 0.159 e. The van der Waals surface area contributed by atoms with E-state index in [0.29, 0.717) is 12.8 Å². The first kappa shape index (κ1) is 8.51. The van der Waals surface area contributed by atoms with Gasteiger partial charge in [-0.05, 0) is 28.3 Å². The maximum atomic E-state index is 11.1. The second kappa shape index (κ2) is 3.34. The van der Waals surface area contributed by atoms with E-state index >= 15 is 0 Å². The van der Waals surface area contributed by atoms with Crippen molar-refractivity contribution < 1.29 is 9.90 Å². The summed E-state index contributed by atoms with van der Waals surface area (Å²) in [6.45, 7) is 0. The number of hydrogen-bond acceptors (Lipinski definition) is 3. The van der Waals surface area contributed by atoms with Crippen LogP contribution in [0.3, 0.4) is 0 Å². The second-order valence-electron chi connectivity index (χ2n) is 3.26. The van der Waals surface area contributed by atoms with Gasteiger partial charge in [0.15, 0.2) is 5.78 Å². The Morgan fingerprint density at radius 3 is 2.92 bits per heavy atom. The summed E-state index contributed by atoms with van der Waals surface area (Å²) in [5, 5.41) is 13.3. The molecule has 2 nitrogen and oxygen atoms in total. The highest BCUT2D eigenvalue weighted by Crippen LogP contribution is 2.31. The van der Waals surface area contributed by atoms with Crippen LogP contribution in [0.4, 0.5) is 0 Å². The highest BCUT2D eigenvalue weighted by atomic mass is 32.1. The van der Waals surface area contributed by atoms with Crippen LogP contribution < -0.4 is 0 Å². The average molecular weight is 194 g/mol. The van der Waals surface area contributed by atoms with E-state index < -0.39 is 0 Å². The van der Waals surface area contributed by atoms with Crippen molar-refractivity contribution in [2.24, 2.45) is 0 Å². The van der Waals surface area contributed by atoms with Crippen LogP contribution in [-0.2, 0) is 4.79 Å². The number of rotatable bonds is 1. The molecule has 1 atom stereocenters. The molecule has 3 heteroatoms. The summed E-state index contributed by atoms with van der Waals surface area (Å²) < 4.78 is 0. The smallest absolute Gasteiger partial charge is 0.159 e. The number of carbonyl (C=O) groups is 1. The zero-order chi connectivity index (χ0) is 9.26. The molecular formula is C10H10O2S. The van der Waals surface area contributed by atoms with Gasteiger partial charge in [-0.15, -0.1) is 0 Å². The molecule has 1 aromatic heterocycles. The molecule has 1 N–H and O–H groups in total. The predicted octanol–water partition coefficient (Wildman–Crippen LogP) is 2.64. The Labute approximate surface area is 80.5 Å². The van der Waals surface area contributed by atoms with Gasteiger partial charge in [0.25, 0.3) is 0 Å². The molecule has 13 heavy (non-hydrogen) atoms. The van der Waals surface area contributed by atoms with Gasteiger partial charge < -0.3 is 5.11 Å². The molecule has 1 aliphatic rings. The molecule has 1 unspecified atom stereocenters. The number of carbonyl (C=O) groups excluding carboxylic acids is 1. The van der Waals surface area contributed by atoms with Crippen LogP contribution in [-0.4, -0.2) is 10.9 Å². The third-order valence-corrected chi connectivity index (χ3v) is 2.95. The summed E-state index contributed by atoms with van der Waals surface area (Å²) >= 11 is 1.62. The van der Waals surface area contributed by atoms with Gasteiger partial charge in [-0.1, -0.05) is 0 Å². The van der Waals surface area contributed by atoms with Crippen molar-refractivity contribution in [2.45, 2.75) is 18.8 Å². The molecule has 0 spiro atoms. The number of allylic oxidation sites excluding steroid dienone is 2. The zero-order valence-electron chi connectivity index (χ0n) is 7.06. The fourth-order valence-corrected chi connectivity index (χ4v) is 2.36. The molecule has 1 aromatic rings.